The molecule has 0 saturated heterocycles. The first-order valence-corrected chi connectivity index (χ1v) is 17.4. The van der Waals surface area contributed by atoms with E-state index in [-0.39, 0.29) is 19.3 Å². The molecular weight excluding hydrogens is 523 g/mol. The molecule has 0 radical (unpaired) electrons. The molecule has 1 atom stereocenters. The highest BCUT2D eigenvalue weighted by atomic mass is 31.2. The number of benzene rings is 2. The van der Waals surface area contributed by atoms with Gasteiger partial charge in [0, 0.05) is 5.39 Å². The van der Waals surface area contributed by atoms with Crippen molar-refractivity contribution >= 4 is 18.6 Å². The summed E-state index contributed by atoms with van der Waals surface area (Å²) >= 11 is 0. The normalized spacial score (nSPS) is 12.7. The number of phosphoric ester groups is 1. The monoisotopic (exact) mass is 578 g/mol. The average Bonchev–Trinajstić information content (AvgIpc) is 2.94. The molecule has 7 heteroatoms. The van der Waals surface area contributed by atoms with E-state index in [1.54, 1.807) is 0 Å². The molecule has 0 spiro atoms. The fraction of sp³-hybridized carbons (Fsp3) is 0.697. The largest absolute Gasteiger partial charge is 0.487 e. The van der Waals surface area contributed by atoms with Crippen molar-refractivity contribution in [1.29, 1.82) is 0 Å². The maximum Gasteiger partial charge on any atom is 0.469 e. The van der Waals surface area contributed by atoms with Gasteiger partial charge in [-0.1, -0.05) is 146 Å². The number of hydrogen-bond donors (Lipinski definition) is 2. The molecule has 6 nitrogen and oxygen atoms in total. The van der Waals surface area contributed by atoms with E-state index in [0.29, 0.717) is 6.61 Å². The van der Waals surface area contributed by atoms with Crippen LogP contribution in [0.25, 0.3) is 10.8 Å². The highest BCUT2D eigenvalue weighted by Gasteiger charge is 2.15. The van der Waals surface area contributed by atoms with Crippen LogP contribution in [0.3, 0.4) is 0 Å². The second-order valence-corrected chi connectivity index (χ2v) is 12.3. The summed E-state index contributed by atoms with van der Waals surface area (Å²) in [5, 5.41) is 2.20. The first kappa shape index (κ1) is 34.8. The molecule has 0 saturated carbocycles. The van der Waals surface area contributed by atoms with Crippen molar-refractivity contribution in [2.45, 2.75) is 129 Å². The van der Waals surface area contributed by atoms with Crippen molar-refractivity contribution in [1.82, 2.24) is 0 Å². The van der Waals surface area contributed by atoms with Gasteiger partial charge in [0.1, 0.15) is 11.9 Å². The predicted octanol–water partition coefficient (Wildman–Crippen LogP) is 9.75. The third-order valence-corrected chi connectivity index (χ3v) is 7.98. The lowest BCUT2D eigenvalue weighted by Gasteiger charge is -2.20. The van der Waals surface area contributed by atoms with E-state index in [2.05, 4.69) is 29.6 Å². The summed E-state index contributed by atoms with van der Waals surface area (Å²) < 4.78 is 27.4. The molecule has 0 amide bonds. The third kappa shape index (κ3) is 17.4. The van der Waals surface area contributed by atoms with E-state index in [0.717, 1.165) is 29.4 Å². The van der Waals surface area contributed by atoms with Crippen LogP contribution in [-0.4, -0.2) is 35.7 Å². The fourth-order valence-corrected chi connectivity index (χ4v) is 5.49. The highest BCUT2D eigenvalue weighted by Crippen LogP contribution is 2.35. The number of hydrogen-bond acceptors (Lipinski definition) is 4. The number of rotatable bonds is 26. The Kier molecular flexibility index (Phi) is 19.3. The molecule has 2 rings (SSSR count). The number of phosphoric acid groups is 1. The van der Waals surface area contributed by atoms with E-state index in [1.807, 2.05) is 24.3 Å². The average molecular weight is 579 g/mol. The Hall–Kier alpha value is -1.43. The van der Waals surface area contributed by atoms with Crippen LogP contribution in [0, 0.1) is 0 Å². The Morgan fingerprint density at radius 1 is 0.675 bits per heavy atom. The van der Waals surface area contributed by atoms with Crippen LogP contribution in [0.2, 0.25) is 0 Å². The van der Waals surface area contributed by atoms with E-state index in [1.165, 1.54) is 103 Å². The Bertz CT molecular complexity index is 925. The fourth-order valence-electron chi connectivity index (χ4n) is 5.18. The van der Waals surface area contributed by atoms with Crippen molar-refractivity contribution in [3.63, 3.8) is 0 Å². The minimum absolute atomic E-state index is 0.111. The summed E-state index contributed by atoms with van der Waals surface area (Å²) in [6.07, 6.45) is 23.7. The van der Waals surface area contributed by atoms with Crippen molar-refractivity contribution < 1.29 is 28.3 Å². The number of unbranched alkanes of at least 4 members (excludes halogenated alkanes) is 16. The summed E-state index contributed by atoms with van der Waals surface area (Å²) in [4.78, 5) is 17.7. The zero-order chi connectivity index (χ0) is 28.7. The van der Waals surface area contributed by atoms with Crippen LogP contribution in [0.5, 0.6) is 5.75 Å². The molecular formula is C33H55O6P. The second-order valence-electron chi connectivity index (χ2n) is 11.1. The molecule has 0 aliphatic carbocycles. The summed E-state index contributed by atoms with van der Waals surface area (Å²) in [5.74, 6) is 0.838. The van der Waals surface area contributed by atoms with Gasteiger partial charge in [-0.05, 0) is 24.3 Å². The van der Waals surface area contributed by atoms with Gasteiger partial charge in [0.25, 0.3) is 0 Å². The van der Waals surface area contributed by atoms with Crippen LogP contribution in [0.1, 0.15) is 122 Å². The van der Waals surface area contributed by atoms with Crippen LogP contribution >= 0.6 is 7.82 Å². The lowest BCUT2D eigenvalue weighted by atomic mass is 10.0. The van der Waals surface area contributed by atoms with Crippen molar-refractivity contribution in [3.05, 3.63) is 42.5 Å². The second kappa shape index (κ2) is 22.2. The minimum atomic E-state index is -4.47. The number of fused-ring (bicyclic) bond motifs is 1. The van der Waals surface area contributed by atoms with Gasteiger partial charge >= 0.3 is 7.82 Å². The summed E-state index contributed by atoms with van der Waals surface area (Å²) in [5.41, 5.74) is 0. The van der Waals surface area contributed by atoms with Crippen LogP contribution in [0.15, 0.2) is 42.5 Å². The third-order valence-electron chi connectivity index (χ3n) is 7.46. The lowest BCUT2D eigenvalue weighted by Crippen LogP contribution is -2.24. The van der Waals surface area contributed by atoms with Gasteiger partial charge in [0.05, 0.1) is 19.8 Å². The quantitative estimate of drug-likeness (QED) is 0.0854. The molecule has 228 valence electrons. The number of ether oxygens (including phenoxy) is 2. The molecule has 2 aromatic rings. The van der Waals surface area contributed by atoms with Crippen molar-refractivity contribution in [3.8, 4) is 5.75 Å². The Morgan fingerprint density at radius 3 is 1.77 bits per heavy atom. The van der Waals surface area contributed by atoms with Crippen LogP contribution in [-0.2, 0) is 13.8 Å². The molecule has 2 aromatic carbocycles. The Morgan fingerprint density at radius 2 is 1.20 bits per heavy atom. The molecule has 0 aliphatic heterocycles. The first-order valence-electron chi connectivity index (χ1n) is 15.9. The van der Waals surface area contributed by atoms with Gasteiger partial charge in [-0.2, -0.15) is 0 Å². The van der Waals surface area contributed by atoms with Gasteiger partial charge in [0.15, 0.2) is 0 Å². The van der Waals surface area contributed by atoms with Crippen molar-refractivity contribution in [2.24, 2.45) is 0 Å². The smallest absolute Gasteiger partial charge is 0.469 e. The van der Waals surface area contributed by atoms with Gasteiger partial charge in [-0.3, -0.25) is 4.52 Å². The Labute approximate surface area is 243 Å². The van der Waals surface area contributed by atoms with Crippen molar-refractivity contribution in [2.75, 3.05) is 19.8 Å². The van der Waals surface area contributed by atoms with E-state index in [4.69, 9.17) is 19.3 Å². The molecule has 0 aliphatic rings. The molecule has 0 aromatic heterocycles. The topological polar surface area (TPSA) is 85.2 Å². The standard InChI is InChI=1S/C33H55O6P/c1-2-3-4-5-6-7-8-9-10-11-12-13-14-15-16-17-18-24-31(29-37-27-28-38-40(34,35)36)39-33-26-21-23-30-22-19-20-25-32(30)33/h19-23,25-26,31H,2-18,24,27-29H2,1H3,(H2,34,35,36). The Balaban J connectivity index is 1.58. The summed E-state index contributed by atoms with van der Waals surface area (Å²) in [6.45, 7) is 2.59. The predicted molar refractivity (Wildman–Crippen MR) is 166 cm³/mol. The summed E-state index contributed by atoms with van der Waals surface area (Å²) in [6, 6.07) is 14.2. The maximum atomic E-state index is 10.9. The van der Waals surface area contributed by atoms with Crippen LogP contribution in [0.4, 0.5) is 0 Å². The molecule has 0 heterocycles. The SMILES string of the molecule is CCCCCCCCCCCCCCCCCCCC(COCCOP(=O)(O)O)Oc1cccc2ccccc12. The zero-order valence-electron chi connectivity index (χ0n) is 24.9. The van der Waals surface area contributed by atoms with Gasteiger partial charge in [0.2, 0.25) is 0 Å². The first-order chi connectivity index (χ1) is 19.5. The van der Waals surface area contributed by atoms with Gasteiger partial charge in [-0.15, -0.1) is 0 Å². The van der Waals surface area contributed by atoms with E-state index in [9.17, 15) is 4.57 Å². The van der Waals surface area contributed by atoms with E-state index < -0.39 is 7.82 Å². The molecule has 0 bridgehead atoms. The zero-order valence-corrected chi connectivity index (χ0v) is 25.8. The maximum absolute atomic E-state index is 10.9. The molecule has 2 N–H and O–H groups in total. The minimum Gasteiger partial charge on any atom is -0.487 e. The molecule has 40 heavy (non-hydrogen) atoms. The van der Waals surface area contributed by atoms with E-state index >= 15 is 0 Å². The highest BCUT2D eigenvalue weighted by molar-refractivity contribution is 7.46. The van der Waals surface area contributed by atoms with Crippen LogP contribution < -0.4 is 4.74 Å². The summed E-state index contributed by atoms with van der Waals surface area (Å²) in [7, 11) is -4.47. The molecule has 1 unspecified atom stereocenters. The lowest BCUT2D eigenvalue weighted by molar-refractivity contribution is 0.0277. The molecule has 0 fully saturated rings. The van der Waals surface area contributed by atoms with Gasteiger partial charge in [-0.25, -0.2) is 4.57 Å². The van der Waals surface area contributed by atoms with Gasteiger partial charge < -0.3 is 19.3 Å².